The van der Waals surface area contributed by atoms with E-state index in [1.165, 1.54) is 0 Å². The summed E-state index contributed by atoms with van der Waals surface area (Å²) in [5, 5.41) is 2.95. The first kappa shape index (κ1) is 16.4. The van der Waals surface area contributed by atoms with E-state index in [-0.39, 0.29) is 11.9 Å². The molecule has 0 aromatic heterocycles. The average molecular weight is 270 g/mol. The van der Waals surface area contributed by atoms with E-state index in [0.717, 1.165) is 45.7 Å². The summed E-state index contributed by atoms with van der Waals surface area (Å²) in [4.78, 5) is 16.5. The van der Waals surface area contributed by atoms with E-state index in [1.54, 1.807) is 0 Å². The highest BCUT2D eigenvalue weighted by atomic mass is 16.2. The number of amides is 1. The van der Waals surface area contributed by atoms with Gasteiger partial charge in [0.2, 0.25) is 5.91 Å². The summed E-state index contributed by atoms with van der Waals surface area (Å²) in [7, 11) is 0. The van der Waals surface area contributed by atoms with Crippen molar-refractivity contribution in [1.29, 1.82) is 0 Å². The molecule has 0 aromatic carbocycles. The van der Waals surface area contributed by atoms with Crippen molar-refractivity contribution in [1.82, 2.24) is 15.1 Å². The van der Waals surface area contributed by atoms with E-state index < -0.39 is 0 Å². The molecule has 0 radical (unpaired) electrons. The van der Waals surface area contributed by atoms with E-state index in [0.29, 0.717) is 12.5 Å². The molecule has 0 aliphatic carbocycles. The van der Waals surface area contributed by atoms with E-state index in [2.05, 4.69) is 22.0 Å². The van der Waals surface area contributed by atoms with E-state index >= 15 is 0 Å². The van der Waals surface area contributed by atoms with Crippen LogP contribution in [0.15, 0.2) is 0 Å². The maximum absolute atomic E-state index is 11.8. The lowest BCUT2D eigenvalue weighted by Crippen LogP contribution is -2.41. The monoisotopic (exact) mass is 270 g/mol. The first-order chi connectivity index (χ1) is 9.01. The Kier molecular flexibility index (Phi) is 7.34. The van der Waals surface area contributed by atoms with Gasteiger partial charge in [0.1, 0.15) is 0 Å². The molecule has 0 saturated carbocycles. The van der Waals surface area contributed by atoms with Crippen LogP contribution < -0.4 is 11.1 Å². The van der Waals surface area contributed by atoms with Gasteiger partial charge in [0.15, 0.2) is 0 Å². The van der Waals surface area contributed by atoms with Crippen LogP contribution in [-0.2, 0) is 4.79 Å². The highest BCUT2D eigenvalue weighted by Crippen LogP contribution is 2.05. The number of carbonyl (C=O) groups is 1. The molecule has 0 spiro atoms. The predicted molar refractivity (Wildman–Crippen MR) is 79.0 cm³/mol. The number of nitrogens with zero attached hydrogens (tertiary/aromatic N) is 2. The van der Waals surface area contributed by atoms with E-state index in [9.17, 15) is 4.79 Å². The van der Waals surface area contributed by atoms with Gasteiger partial charge < -0.3 is 16.0 Å². The number of hydrogen-bond donors (Lipinski definition) is 2. The Hall–Kier alpha value is -0.650. The van der Waals surface area contributed by atoms with Crippen molar-refractivity contribution in [3.05, 3.63) is 0 Å². The molecular weight excluding hydrogens is 240 g/mol. The first-order valence-electron chi connectivity index (χ1n) is 7.45. The third kappa shape index (κ3) is 6.89. The Morgan fingerprint density at radius 2 is 1.79 bits per heavy atom. The minimum atomic E-state index is 0.138. The fourth-order valence-corrected chi connectivity index (χ4v) is 2.45. The SMILES string of the molecule is CC(CN)CN1CCCN(CC(=O)NC(C)C)CC1. The summed E-state index contributed by atoms with van der Waals surface area (Å²) in [5.74, 6) is 0.689. The highest BCUT2D eigenvalue weighted by molar-refractivity contribution is 5.78. The predicted octanol–water partition coefficient (Wildman–Crippen LogP) is 0.114. The quantitative estimate of drug-likeness (QED) is 0.719. The lowest BCUT2D eigenvalue weighted by molar-refractivity contribution is -0.122. The van der Waals surface area contributed by atoms with Crippen molar-refractivity contribution < 1.29 is 4.79 Å². The molecule has 1 aliphatic rings. The highest BCUT2D eigenvalue weighted by Gasteiger charge is 2.18. The summed E-state index contributed by atoms with van der Waals surface area (Å²) in [6.45, 7) is 12.7. The van der Waals surface area contributed by atoms with Crippen LogP contribution in [0.4, 0.5) is 0 Å². The van der Waals surface area contributed by atoms with Gasteiger partial charge in [0.25, 0.3) is 0 Å². The number of rotatable bonds is 6. The van der Waals surface area contributed by atoms with Crippen LogP contribution in [0.3, 0.4) is 0 Å². The van der Waals surface area contributed by atoms with Crippen LogP contribution in [-0.4, -0.2) is 67.6 Å². The summed E-state index contributed by atoms with van der Waals surface area (Å²) < 4.78 is 0. The molecule has 3 N–H and O–H groups in total. The summed E-state index contributed by atoms with van der Waals surface area (Å²) >= 11 is 0. The van der Waals surface area contributed by atoms with Gasteiger partial charge in [-0.15, -0.1) is 0 Å². The second-order valence-corrected chi connectivity index (χ2v) is 5.99. The molecule has 5 heteroatoms. The lowest BCUT2D eigenvalue weighted by atomic mass is 10.1. The normalized spacial score (nSPS) is 20.3. The van der Waals surface area contributed by atoms with Gasteiger partial charge >= 0.3 is 0 Å². The maximum Gasteiger partial charge on any atom is 0.234 e. The zero-order chi connectivity index (χ0) is 14.3. The third-order valence-corrected chi connectivity index (χ3v) is 3.47. The summed E-state index contributed by atoms with van der Waals surface area (Å²) in [6, 6.07) is 0.224. The van der Waals surface area contributed by atoms with Crippen LogP contribution in [0.25, 0.3) is 0 Å². The van der Waals surface area contributed by atoms with Crippen LogP contribution in [0.5, 0.6) is 0 Å². The van der Waals surface area contributed by atoms with Gasteiger partial charge in [-0.3, -0.25) is 9.69 Å². The van der Waals surface area contributed by atoms with Gasteiger partial charge in [0.05, 0.1) is 6.54 Å². The second-order valence-electron chi connectivity index (χ2n) is 5.99. The van der Waals surface area contributed by atoms with Crippen LogP contribution in [0.1, 0.15) is 27.2 Å². The number of hydrogen-bond acceptors (Lipinski definition) is 4. The van der Waals surface area contributed by atoms with Gasteiger partial charge in [-0.1, -0.05) is 6.92 Å². The van der Waals surface area contributed by atoms with Crippen molar-refractivity contribution >= 4 is 5.91 Å². The van der Waals surface area contributed by atoms with Crippen molar-refractivity contribution in [3.8, 4) is 0 Å². The second kappa shape index (κ2) is 8.51. The number of nitrogens with one attached hydrogen (secondary N) is 1. The van der Waals surface area contributed by atoms with E-state index in [4.69, 9.17) is 5.73 Å². The molecule has 112 valence electrons. The van der Waals surface area contributed by atoms with Gasteiger partial charge in [-0.25, -0.2) is 0 Å². The molecule has 1 amide bonds. The zero-order valence-corrected chi connectivity index (χ0v) is 12.7. The Morgan fingerprint density at radius 1 is 1.16 bits per heavy atom. The maximum atomic E-state index is 11.8. The lowest BCUT2D eigenvalue weighted by Gasteiger charge is -2.24. The molecule has 1 aliphatic heterocycles. The molecule has 1 saturated heterocycles. The smallest absolute Gasteiger partial charge is 0.234 e. The minimum Gasteiger partial charge on any atom is -0.353 e. The van der Waals surface area contributed by atoms with Crippen molar-refractivity contribution in [2.75, 3.05) is 45.8 Å². The van der Waals surface area contributed by atoms with Crippen LogP contribution in [0.2, 0.25) is 0 Å². The number of carbonyl (C=O) groups excluding carboxylic acids is 1. The zero-order valence-electron chi connectivity index (χ0n) is 12.7. The number of nitrogens with two attached hydrogens (primary N) is 1. The summed E-state index contributed by atoms with van der Waals surface area (Å²) in [6.07, 6.45) is 1.13. The first-order valence-corrected chi connectivity index (χ1v) is 7.45. The largest absolute Gasteiger partial charge is 0.353 e. The molecule has 1 heterocycles. The van der Waals surface area contributed by atoms with Gasteiger partial charge in [0, 0.05) is 25.7 Å². The molecule has 1 unspecified atom stereocenters. The Labute approximate surface area is 117 Å². The summed E-state index contributed by atoms with van der Waals surface area (Å²) in [5.41, 5.74) is 5.68. The molecule has 5 nitrogen and oxygen atoms in total. The molecular formula is C14H30N4O. The Morgan fingerprint density at radius 3 is 2.42 bits per heavy atom. The van der Waals surface area contributed by atoms with E-state index in [1.807, 2.05) is 13.8 Å². The third-order valence-electron chi connectivity index (χ3n) is 3.47. The van der Waals surface area contributed by atoms with Crippen molar-refractivity contribution in [3.63, 3.8) is 0 Å². The standard InChI is InChI=1S/C14H30N4O/c1-12(2)16-14(19)11-18-6-4-5-17(7-8-18)10-13(3)9-15/h12-13H,4-11,15H2,1-3H3,(H,16,19). The molecule has 0 bridgehead atoms. The molecule has 1 rings (SSSR count). The average Bonchev–Trinajstić information content (AvgIpc) is 2.53. The topological polar surface area (TPSA) is 61.6 Å². The van der Waals surface area contributed by atoms with Crippen molar-refractivity contribution in [2.45, 2.75) is 33.2 Å². The minimum absolute atomic E-state index is 0.138. The Balaban J connectivity index is 2.31. The Bertz CT molecular complexity index is 270. The fourth-order valence-electron chi connectivity index (χ4n) is 2.45. The van der Waals surface area contributed by atoms with Crippen LogP contribution in [0, 0.1) is 5.92 Å². The molecule has 19 heavy (non-hydrogen) atoms. The molecule has 0 aromatic rings. The van der Waals surface area contributed by atoms with Gasteiger partial charge in [-0.05, 0) is 45.8 Å². The molecule has 1 atom stereocenters. The molecule has 1 fully saturated rings. The van der Waals surface area contributed by atoms with Crippen molar-refractivity contribution in [2.24, 2.45) is 11.7 Å². The fraction of sp³-hybridized carbons (Fsp3) is 0.929. The van der Waals surface area contributed by atoms with Gasteiger partial charge in [-0.2, -0.15) is 0 Å². The van der Waals surface area contributed by atoms with Crippen LogP contribution >= 0.6 is 0 Å².